The summed E-state index contributed by atoms with van der Waals surface area (Å²) in [6, 6.07) is 0.801. The molecule has 2 heterocycles. The van der Waals surface area contributed by atoms with E-state index in [4.69, 9.17) is 4.74 Å². The fraction of sp³-hybridized carbons (Fsp3) is 0.810. The van der Waals surface area contributed by atoms with Crippen LogP contribution in [0.15, 0.2) is 12.4 Å². The smallest absolute Gasteiger partial charge is 0.127 e. The van der Waals surface area contributed by atoms with Crippen LogP contribution in [0.1, 0.15) is 76.6 Å². The van der Waals surface area contributed by atoms with Gasteiger partial charge in [0, 0.05) is 31.5 Å². The standard InChI is InChI=1S/C21H35N3O/c1-4-21-22-13-19(14-23-21)18-9-11-24(12-10-18)20-7-5-17(6-8-20)15-25-16(2)3/h13-14,16-18,20H,4-12,15H2,1-3H3/t17-,20-. The van der Waals surface area contributed by atoms with E-state index >= 15 is 0 Å². The van der Waals surface area contributed by atoms with E-state index in [9.17, 15) is 0 Å². The van der Waals surface area contributed by atoms with Gasteiger partial charge in [0.2, 0.25) is 0 Å². The number of aryl methyl sites for hydroxylation is 1. The second kappa shape index (κ2) is 9.09. The SMILES string of the molecule is CCc1ncc(C2CCN([C@H]3CC[C@H](COC(C)C)CC3)CC2)cn1. The van der Waals surface area contributed by atoms with Crippen molar-refractivity contribution in [3.8, 4) is 0 Å². The van der Waals surface area contributed by atoms with Gasteiger partial charge in [0.15, 0.2) is 0 Å². The minimum Gasteiger partial charge on any atom is -0.379 e. The Morgan fingerprint density at radius 3 is 2.24 bits per heavy atom. The first kappa shape index (κ1) is 18.8. The lowest BCUT2D eigenvalue weighted by Gasteiger charge is -2.41. The van der Waals surface area contributed by atoms with E-state index in [1.807, 2.05) is 0 Å². The average molecular weight is 346 g/mol. The van der Waals surface area contributed by atoms with Crippen LogP contribution in [0.5, 0.6) is 0 Å². The number of aromatic nitrogens is 2. The second-order valence-corrected chi connectivity index (χ2v) is 8.15. The summed E-state index contributed by atoms with van der Waals surface area (Å²) in [6.07, 6.45) is 13.3. The van der Waals surface area contributed by atoms with E-state index in [1.165, 1.54) is 57.2 Å². The van der Waals surface area contributed by atoms with Crippen molar-refractivity contribution in [3.05, 3.63) is 23.8 Å². The zero-order valence-corrected chi connectivity index (χ0v) is 16.3. The summed E-state index contributed by atoms with van der Waals surface area (Å²) in [6.45, 7) is 9.81. The number of rotatable bonds is 6. The number of piperidine rings is 1. The first-order valence-corrected chi connectivity index (χ1v) is 10.3. The summed E-state index contributed by atoms with van der Waals surface area (Å²) in [4.78, 5) is 11.7. The molecule has 3 rings (SSSR count). The zero-order chi connectivity index (χ0) is 17.6. The third kappa shape index (κ3) is 5.24. The van der Waals surface area contributed by atoms with Crippen molar-refractivity contribution in [2.45, 2.75) is 83.8 Å². The van der Waals surface area contributed by atoms with E-state index < -0.39 is 0 Å². The van der Waals surface area contributed by atoms with Crippen molar-refractivity contribution < 1.29 is 4.74 Å². The summed E-state index contributed by atoms with van der Waals surface area (Å²) in [5.41, 5.74) is 1.34. The fourth-order valence-corrected chi connectivity index (χ4v) is 4.36. The Balaban J connectivity index is 1.42. The Kier molecular flexibility index (Phi) is 6.83. The molecule has 1 aromatic heterocycles. The topological polar surface area (TPSA) is 38.2 Å². The molecule has 0 aromatic carbocycles. The van der Waals surface area contributed by atoms with Gasteiger partial charge in [-0.05, 0) is 82.9 Å². The fourth-order valence-electron chi connectivity index (χ4n) is 4.36. The maximum absolute atomic E-state index is 5.82. The van der Waals surface area contributed by atoms with Crippen molar-refractivity contribution in [3.63, 3.8) is 0 Å². The highest BCUT2D eigenvalue weighted by molar-refractivity contribution is 5.13. The summed E-state index contributed by atoms with van der Waals surface area (Å²) < 4.78 is 5.82. The van der Waals surface area contributed by atoms with Crippen molar-refractivity contribution in [1.82, 2.24) is 14.9 Å². The van der Waals surface area contributed by atoms with Crippen LogP contribution in [0.2, 0.25) is 0 Å². The molecule has 1 saturated carbocycles. The molecule has 0 unspecified atom stereocenters. The van der Waals surface area contributed by atoms with Crippen LogP contribution in [0, 0.1) is 5.92 Å². The molecular formula is C21H35N3O. The largest absolute Gasteiger partial charge is 0.379 e. The predicted octanol–water partition coefficient (Wildman–Crippen LogP) is 4.20. The van der Waals surface area contributed by atoms with Gasteiger partial charge in [-0.3, -0.25) is 0 Å². The Morgan fingerprint density at radius 1 is 1.04 bits per heavy atom. The van der Waals surface area contributed by atoms with Gasteiger partial charge >= 0.3 is 0 Å². The van der Waals surface area contributed by atoms with Crippen molar-refractivity contribution >= 4 is 0 Å². The lowest BCUT2D eigenvalue weighted by atomic mass is 9.83. The van der Waals surface area contributed by atoms with Crippen molar-refractivity contribution in [2.24, 2.45) is 5.92 Å². The number of hydrogen-bond donors (Lipinski definition) is 0. The maximum Gasteiger partial charge on any atom is 0.127 e. The molecule has 2 aliphatic rings. The molecule has 1 saturated heterocycles. The quantitative estimate of drug-likeness (QED) is 0.774. The van der Waals surface area contributed by atoms with E-state index in [0.717, 1.165) is 30.8 Å². The van der Waals surface area contributed by atoms with E-state index in [2.05, 4.69) is 48.0 Å². The minimum absolute atomic E-state index is 0.368. The second-order valence-electron chi connectivity index (χ2n) is 8.15. The van der Waals surface area contributed by atoms with Crippen molar-refractivity contribution in [1.29, 1.82) is 0 Å². The van der Waals surface area contributed by atoms with Crippen LogP contribution >= 0.6 is 0 Å². The van der Waals surface area contributed by atoms with Gasteiger partial charge in [0.25, 0.3) is 0 Å². The predicted molar refractivity (Wildman–Crippen MR) is 102 cm³/mol. The molecule has 0 amide bonds. The van der Waals surface area contributed by atoms with Gasteiger partial charge in [0.05, 0.1) is 6.10 Å². The highest BCUT2D eigenvalue weighted by Gasteiger charge is 2.29. The van der Waals surface area contributed by atoms with E-state index in [1.54, 1.807) is 0 Å². The van der Waals surface area contributed by atoms with E-state index in [-0.39, 0.29) is 0 Å². The van der Waals surface area contributed by atoms with Gasteiger partial charge in [-0.25, -0.2) is 9.97 Å². The van der Waals surface area contributed by atoms with Crippen LogP contribution < -0.4 is 0 Å². The Bertz CT molecular complexity index is 500. The number of ether oxygens (including phenoxy) is 1. The third-order valence-corrected chi connectivity index (χ3v) is 6.04. The number of hydrogen-bond acceptors (Lipinski definition) is 4. The molecule has 140 valence electrons. The van der Waals surface area contributed by atoms with Crippen LogP contribution in [0.4, 0.5) is 0 Å². The van der Waals surface area contributed by atoms with Gasteiger partial charge in [-0.1, -0.05) is 6.92 Å². The lowest BCUT2D eigenvalue weighted by Crippen LogP contribution is -2.43. The molecule has 25 heavy (non-hydrogen) atoms. The normalized spacial score (nSPS) is 26.2. The van der Waals surface area contributed by atoms with Gasteiger partial charge in [-0.2, -0.15) is 0 Å². The average Bonchev–Trinajstić information content (AvgIpc) is 2.67. The van der Waals surface area contributed by atoms with Gasteiger partial charge in [0.1, 0.15) is 5.82 Å². The molecule has 0 N–H and O–H groups in total. The molecule has 1 aliphatic heterocycles. The summed E-state index contributed by atoms with van der Waals surface area (Å²) in [5, 5.41) is 0. The molecule has 0 radical (unpaired) electrons. The van der Waals surface area contributed by atoms with Crippen molar-refractivity contribution in [2.75, 3.05) is 19.7 Å². The molecule has 4 nitrogen and oxygen atoms in total. The zero-order valence-electron chi connectivity index (χ0n) is 16.3. The molecule has 0 bridgehead atoms. The Hall–Kier alpha value is -1.00. The van der Waals surface area contributed by atoms with Crippen LogP contribution in [0.3, 0.4) is 0 Å². The first-order chi connectivity index (χ1) is 12.2. The summed E-state index contributed by atoms with van der Waals surface area (Å²) >= 11 is 0. The molecule has 1 aliphatic carbocycles. The summed E-state index contributed by atoms with van der Waals surface area (Å²) in [7, 11) is 0. The molecule has 0 spiro atoms. The third-order valence-electron chi connectivity index (χ3n) is 6.04. The number of likely N-dealkylation sites (tertiary alicyclic amines) is 1. The van der Waals surface area contributed by atoms with Gasteiger partial charge in [-0.15, -0.1) is 0 Å². The molecular weight excluding hydrogens is 310 g/mol. The minimum atomic E-state index is 0.368. The lowest BCUT2D eigenvalue weighted by molar-refractivity contribution is 0.0269. The van der Waals surface area contributed by atoms with Crippen LogP contribution in [0.25, 0.3) is 0 Å². The highest BCUT2D eigenvalue weighted by atomic mass is 16.5. The first-order valence-electron chi connectivity index (χ1n) is 10.3. The Labute approximate surface area is 153 Å². The molecule has 2 fully saturated rings. The van der Waals surface area contributed by atoms with Crippen LogP contribution in [-0.2, 0) is 11.2 Å². The maximum atomic E-state index is 5.82. The molecule has 1 aromatic rings. The molecule has 4 heteroatoms. The van der Waals surface area contributed by atoms with Gasteiger partial charge < -0.3 is 9.64 Å². The summed E-state index contributed by atoms with van der Waals surface area (Å²) in [5.74, 6) is 2.39. The van der Waals surface area contributed by atoms with Crippen LogP contribution in [-0.4, -0.2) is 46.7 Å². The highest BCUT2D eigenvalue weighted by Crippen LogP contribution is 2.33. The number of nitrogens with zero attached hydrogens (tertiary/aromatic N) is 3. The van der Waals surface area contributed by atoms with E-state index in [0.29, 0.717) is 12.0 Å². The Morgan fingerprint density at radius 2 is 1.68 bits per heavy atom. The monoisotopic (exact) mass is 345 g/mol. The molecule has 0 atom stereocenters.